The van der Waals surface area contributed by atoms with E-state index in [0.717, 1.165) is 61.4 Å². The second kappa shape index (κ2) is 8.13. The van der Waals surface area contributed by atoms with Gasteiger partial charge in [0.1, 0.15) is 0 Å². The number of pyridine rings is 1. The van der Waals surface area contributed by atoms with Crippen LogP contribution in [0.2, 0.25) is 0 Å². The van der Waals surface area contributed by atoms with Crippen LogP contribution < -0.4 is 5.32 Å². The Kier molecular flexibility index (Phi) is 5.42. The summed E-state index contributed by atoms with van der Waals surface area (Å²) in [4.78, 5) is 30.9. The molecule has 0 radical (unpaired) electrons. The summed E-state index contributed by atoms with van der Waals surface area (Å²) < 4.78 is 0. The molecule has 1 unspecified atom stereocenters. The highest BCUT2D eigenvalue weighted by molar-refractivity contribution is 5.89. The largest absolute Gasteiger partial charge is 0.342 e. The molecular weight excluding hydrogens is 350 g/mol. The molecule has 2 amide bonds. The second-order valence-electron chi connectivity index (χ2n) is 7.96. The highest BCUT2D eigenvalue weighted by Gasteiger charge is 2.32. The smallest absolute Gasteiger partial charge is 0.225 e. The maximum absolute atomic E-state index is 12.6. The fraction of sp³-hybridized carbons (Fsp3) is 0.435. The zero-order chi connectivity index (χ0) is 19.5. The van der Waals surface area contributed by atoms with Crippen molar-refractivity contribution in [3.8, 4) is 11.3 Å². The maximum Gasteiger partial charge on any atom is 0.225 e. The number of amides is 2. The molecule has 1 N–H and O–H groups in total. The minimum Gasteiger partial charge on any atom is -0.342 e. The van der Waals surface area contributed by atoms with E-state index in [9.17, 15) is 9.59 Å². The van der Waals surface area contributed by atoms with Gasteiger partial charge in [-0.3, -0.25) is 14.6 Å². The highest BCUT2D eigenvalue weighted by atomic mass is 16.2. The molecule has 1 atom stereocenters. The van der Waals surface area contributed by atoms with Crippen LogP contribution in [0, 0.1) is 5.92 Å². The number of nitrogens with zero attached hydrogens (tertiary/aromatic N) is 2. The number of rotatable bonds is 4. The molecule has 2 aliphatic rings. The number of hydrogen-bond acceptors (Lipinski definition) is 3. The van der Waals surface area contributed by atoms with E-state index in [1.807, 2.05) is 36.4 Å². The van der Waals surface area contributed by atoms with Crippen molar-refractivity contribution in [2.45, 2.75) is 44.9 Å². The van der Waals surface area contributed by atoms with Crippen LogP contribution in [0.1, 0.15) is 50.6 Å². The summed E-state index contributed by atoms with van der Waals surface area (Å²) in [6.07, 6.45) is 5.40. The first-order chi connectivity index (χ1) is 13.6. The lowest BCUT2D eigenvalue weighted by Crippen LogP contribution is -2.44. The van der Waals surface area contributed by atoms with Gasteiger partial charge in [0, 0.05) is 48.8 Å². The van der Waals surface area contributed by atoms with Gasteiger partial charge < -0.3 is 10.2 Å². The van der Waals surface area contributed by atoms with Crippen molar-refractivity contribution >= 4 is 17.5 Å². The van der Waals surface area contributed by atoms with Gasteiger partial charge in [-0.25, -0.2) is 0 Å². The Bertz CT molecular complexity index is 876. The van der Waals surface area contributed by atoms with E-state index in [1.165, 1.54) is 13.3 Å². The second-order valence-corrected chi connectivity index (χ2v) is 7.96. The van der Waals surface area contributed by atoms with Crippen molar-refractivity contribution in [3.63, 3.8) is 0 Å². The lowest BCUT2D eigenvalue weighted by Gasteiger charge is -2.37. The fourth-order valence-electron chi connectivity index (χ4n) is 4.13. The van der Waals surface area contributed by atoms with E-state index >= 15 is 0 Å². The molecule has 5 heteroatoms. The molecule has 2 heterocycles. The summed E-state index contributed by atoms with van der Waals surface area (Å²) in [7, 11) is 0. The van der Waals surface area contributed by atoms with Crippen LogP contribution >= 0.6 is 0 Å². The van der Waals surface area contributed by atoms with Crippen molar-refractivity contribution in [3.05, 3.63) is 48.2 Å². The molecule has 1 aromatic carbocycles. The van der Waals surface area contributed by atoms with Crippen molar-refractivity contribution < 1.29 is 9.59 Å². The zero-order valence-electron chi connectivity index (χ0n) is 16.4. The molecule has 0 spiro atoms. The number of piperidine rings is 1. The Balaban J connectivity index is 1.52. The molecule has 1 aromatic heterocycles. The van der Waals surface area contributed by atoms with Gasteiger partial charge in [-0.1, -0.05) is 24.6 Å². The van der Waals surface area contributed by atoms with Gasteiger partial charge in [0.2, 0.25) is 11.8 Å². The normalized spacial score (nSPS) is 19.8. The summed E-state index contributed by atoms with van der Waals surface area (Å²) >= 11 is 0. The lowest BCUT2D eigenvalue weighted by atomic mass is 9.83. The van der Waals surface area contributed by atoms with Crippen molar-refractivity contribution in [2.24, 2.45) is 5.92 Å². The quantitative estimate of drug-likeness (QED) is 0.868. The number of carbonyl (C=O) groups excluding carboxylic acids is 2. The summed E-state index contributed by atoms with van der Waals surface area (Å²) in [6.45, 7) is 3.16. The van der Waals surface area contributed by atoms with E-state index in [2.05, 4.69) is 16.3 Å². The minimum atomic E-state index is -0.0858. The first kappa shape index (κ1) is 18.7. The average molecular weight is 377 g/mol. The van der Waals surface area contributed by atoms with Crippen molar-refractivity contribution in [1.82, 2.24) is 9.88 Å². The summed E-state index contributed by atoms with van der Waals surface area (Å²) in [5.41, 5.74) is 3.69. The van der Waals surface area contributed by atoms with Crippen LogP contribution in [0.25, 0.3) is 11.3 Å². The predicted molar refractivity (Wildman–Crippen MR) is 110 cm³/mol. The number of likely N-dealkylation sites (tertiary alicyclic amines) is 1. The monoisotopic (exact) mass is 377 g/mol. The van der Waals surface area contributed by atoms with Crippen molar-refractivity contribution in [2.75, 3.05) is 18.4 Å². The summed E-state index contributed by atoms with van der Waals surface area (Å²) in [5.74, 6) is 0.804. The van der Waals surface area contributed by atoms with Gasteiger partial charge in [0.25, 0.3) is 0 Å². The van der Waals surface area contributed by atoms with Gasteiger partial charge in [-0.05, 0) is 49.9 Å². The van der Waals surface area contributed by atoms with Gasteiger partial charge in [-0.15, -0.1) is 0 Å². The standard InChI is InChI=1S/C23H27N3O2/c1-16(27)24-20-10-3-8-18(14-20)21-11-4-12-22(25-21)19-9-5-13-26(15-19)23(28)17-6-2-7-17/h3-4,8,10-12,14,17,19H,2,5-7,9,13,15H2,1H3,(H,24,27). The van der Waals surface area contributed by atoms with Crippen LogP contribution in [0.5, 0.6) is 0 Å². The Morgan fingerprint density at radius 1 is 1.07 bits per heavy atom. The van der Waals surface area contributed by atoms with Gasteiger partial charge in [-0.2, -0.15) is 0 Å². The van der Waals surface area contributed by atoms with E-state index in [4.69, 9.17) is 4.98 Å². The SMILES string of the molecule is CC(=O)Nc1cccc(-c2cccc(C3CCCN(C(=O)C4CCC4)C3)n2)c1. The average Bonchev–Trinajstić information content (AvgIpc) is 2.66. The van der Waals surface area contributed by atoms with Crippen LogP contribution in [-0.4, -0.2) is 34.8 Å². The molecule has 1 aliphatic carbocycles. The number of benzene rings is 1. The third kappa shape index (κ3) is 4.08. The van der Waals surface area contributed by atoms with E-state index in [-0.39, 0.29) is 17.7 Å². The molecule has 2 aromatic rings. The first-order valence-electron chi connectivity index (χ1n) is 10.2. The Labute approximate surface area is 166 Å². The van der Waals surface area contributed by atoms with Crippen LogP contribution in [0.3, 0.4) is 0 Å². The van der Waals surface area contributed by atoms with E-state index < -0.39 is 0 Å². The Morgan fingerprint density at radius 3 is 2.64 bits per heavy atom. The molecule has 146 valence electrons. The first-order valence-corrected chi connectivity index (χ1v) is 10.2. The predicted octanol–water partition coefficient (Wildman–Crippen LogP) is 4.21. The molecular formula is C23H27N3O2. The van der Waals surface area contributed by atoms with Crippen LogP contribution in [0.4, 0.5) is 5.69 Å². The van der Waals surface area contributed by atoms with Crippen molar-refractivity contribution in [1.29, 1.82) is 0 Å². The number of aromatic nitrogens is 1. The molecule has 4 rings (SSSR count). The summed E-state index contributed by atoms with van der Waals surface area (Å²) in [5, 5.41) is 2.82. The molecule has 1 saturated heterocycles. The Morgan fingerprint density at radius 2 is 1.89 bits per heavy atom. The molecule has 28 heavy (non-hydrogen) atoms. The third-order valence-electron chi connectivity index (χ3n) is 5.86. The maximum atomic E-state index is 12.6. The molecule has 5 nitrogen and oxygen atoms in total. The molecule has 0 bridgehead atoms. The fourth-order valence-corrected chi connectivity index (χ4v) is 4.13. The van der Waals surface area contributed by atoms with Gasteiger partial charge in [0.05, 0.1) is 5.69 Å². The van der Waals surface area contributed by atoms with Gasteiger partial charge >= 0.3 is 0 Å². The highest BCUT2D eigenvalue weighted by Crippen LogP contribution is 2.33. The molecule has 1 aliphatic heterocycles. The van der Waals surface area contributed by atoms with Crippen LogP contribution in [-0.2, 0) is 9.59 Å². The van der Waals surface area contributed by atoms with E-state index in [0.29, 0.717) is 5.91 Å². The third-order valence-corrected chi connectivity index (χ3v) is 5.86. The Hall–Kier alpha value is -2.69. The van der Waals surface area contributed by atoms with Gasteiger partial charge in [0.15, 0.2) is 0 Å². The minimum absolute atomic E-state index is 0.0858. The zero-order valence-corrected chi connectivity index (χ0v) is 16.4. The number of carbonyl (C=O) groups is 2. The number of nitrogens with one attached hydrogen (secondary N) is 1. The summed E-state index contributed by atoms with van der Waals surface area (Å²) in [6, 6.07) is 13.9. The lowest BCUT2D eigenvalue weighted by molar-refractivity contribution is -0.139. The number of anilines is 1. The number of hydrogen-bond donors (Lipinski definition) is 1. The van der Waals surface area contributed by atoms with E-state index in [1.54, 1.807) is 0 Å². The topological polar surface area (TPSA) is 62.3 Å². The molecule has 2 fully saturated rings. The van der Waals surface area contributed by atoms with Crippen LogP contribution in [0.15, 0.2) is 42.5 Å². The molecule has 1 saturated carbocycles.